The molecule has 1 aliphatic heterocycles. The molecule has 8 heteroatoms. The van der Waals surface area contributed by atoms with E-state index in [4.69, 9.17) is 10.2 Å². The lowest BCUT2D eigenvalue weighted by molar-refractivity contribution is 0.102. The van der Waals surface area contributed by atoms with Crippen molar-refractivity contribution < 1.29 is 14.0 Å². The van der Waals surface area contributed by atoms with Crippen molar-refractivity contribution in [3.05, 3.63) is 47.9 Å². The number of halogens is 1. The summed E-state index contributed by atoms with van der Waals surface area (Å²) in [5.41, 5.74) is 7.23. The molecule has 1 fully saturated rings. The number of rotatable bonds is 4. The quantitative estimate of drug-likeness (QED) is 0.736. The van der Waals surface area contributed by atoms with Crippen molar-refractivity contribution in [3.8, 4) is 0 Å². The molecule has 7 nitrogen and oxygen atoms in total. The molecule has 3 amide bonds. The Bertz CT molecular complexity index is 753. The Kier molecular flexibility index (Phi) is 7.69. The topological polar surface area (TPSA) is 101 Å². The zero-order valence-electron chi connectivity index (χ0n) is 15.1. The van der Waals surface area contributed by atoms with E-state index < -0.39 is 0 Å². The van der Waals surface area contributed by atoms with Gasteiger partial charge in [-0.1, -0.05) is 12.8 Å². The van der Waals surface area contributed by atoms with Gasteiger partial charge in [0.15, 0.2) is 0 Å². The maximum Gasteiger partial charge on any atom is 0.321 e. The fraction of sp³-hybridized carbons (Fsp3) is 0.368. The Balaban J connectivity index is 0.00000261. The van der Waals surface area contributed by atoms with Crippen molar-refractivity contribution in [2.45, 2.75) is 32.2 Å². The van der Waals surface area contributed by atoms with Crippen LogP contribution in [0.2, 0.25) is 0 Å². The van der Waals surface area contributed by atoms with Gasteiger partial charge in [0.1, 0.15) is 12.0 Å². The first kappa shape index (κ1) is 20.8. The second kappa shape index (κ2) is 9.99. The molecule has 0 radical (unpaired) electrons. The number of hydrogen-bond acceptors (Lipinski definition) is 4. The summed E-state index contributed by atoms with van der Waals surface area (Å²) in [6.07, 6.45) is 5.85. The molecule has 0 spiro atoms. The van der Waals surface area contributed by atoms with Crippen LogP contribution in [0.25, 0.3) is 0 Å². The number of nitrogens with one attached hydrogen (secondary N) is 2. The van der Waals surface area contributed by atoms with E-state index in [2.05, 4.69) is 10.6 Å². The lowest BCUT2D eigenvalue weighted by Crippen LogP contribution is -2.35. The van der Waals surface area contributed by atoms with Crippen molar-refractivity contribution in [2.75, 3.05) is 23.7 Å². The van der Waals surface area contributed by atoms with Crippen LogP contribution in [-0.2, 0) is 6.54 Å². The molecule has 146 valence electrons. The number of urea groups is 1. The zero-order valence-corrected chi connectivity index (χ0v) is 15.9. The molecular formula is C19H25ClN4O3. The molecule has 1 aliphatic rings. The highest BCUT2D eigenvalue weighted by Gasteiger charge is 2.15. The van der Waals surface area contributed by atoms with Crippen LogP contribution in [0, 0.1) is 0 Å². The van der Waals surface area contributed by atoms with Crippen molar-refractivity contribution in [1.29, 1.82) is 0 Å². The molecule has 27 heavy (non-hydrogen) atoms. The van der Waals surface area contributed by atoms with Gasteiger partial charge in [-0.05, 0) is 43.2 Å². The van der Waals surface area contributed by atoms with Crippen LogP contribution in [0.5, 0.6) is 0 Å². The summed E-state index contributed by atoms with van der Waals surface area (Å²) in [7, 11) is 0. The summed E-state index contributed by atoms with van der Waals surface area (Å²) < 4.78 is 5.16. The summed E-state index contributed by atoms with van der Waals surface area (Å²) in [6.45, 7) is 1.85. The number of furan rings is 1. The van der Waals surface area contributed by atoms with Crippen LogP contribution >= 0.6 is 12.4 Å². The molecule has 0 aliphatic carbocycles. The fourth-order valence-electron chi connectivity index (χ4n) is 2.92. The van der Waals surface area contributed by atoms with Gasteiger partial charge in [-0.2, -0.15) is 0 Å². The standard InChI is InChI=1S/C19H24N4O3.ClH/c20-12-17-11-14(13-26-17)18(24)21-15-5-7-16(8-6-15)22-19(25)23-9-3-1-2-4-10-23;/h5-8,11,13H,1-4,9-10,12,20H2,(H,21,24)(H,22,25);1H. The number of hydrogen-bond donors (Lipinski definition) is 3. The number of benzene rings is 1. The predicted octanol–water partition coefficient (Wildman–Crippen LogP) is 3.82. The van der Waals surface area contributed by atoms with Crippen LogP contribution in [0.3, 0.4) is 0 Å². The molecule has 2 heterocycles. The highest BCUT2D eigenvalue weighted by Crippen LogP contribution is 2.17. The molecule has 0 atom stereocenters. The third-order valence-corrected chi connectivity index (χ3v) is 4.40. The average molecular weight is 393 g/mol. The Morgan fingerprint density at radius 3 is 2.15 bits per heavy atom. The molecule has 1 aromatic heterocycles. The second-order valence-corrected chi connectivity index (χ2v) is 6.37. The molecular weight excluding hydrogens is 368 g/mol. The first-order chi connectivity index (χ1) is 12.7. The minimum absolute atomic E-state index is 0. The predicted molar refractivity (Wildman–Crippen MR) is 107 cm³/mol. The van der Waals surface area contributed by atoms with Gasteiger partial charge in [-0.25, -0.2) is 4.79 Å². The van der Waals surface area contributed by atoms with Crippen LogP contribution in [0.4, 0.5) is 16.2 Å². The minimum Gasteiger partial charge on any atom is -0.467 e. The van der Waals surface area contributed by atoms with E-state index in [9.17, 15) is 9.59 Å². The summed E-state index contributed by atoms with van der Waals surface area (Å²) in [4.78, 5) is 26.3. The molecule has 0 saturated carbocycles. The first-order valence-electron chi connectivity index (χ1n) is 8.90. The van der Waals surface area contributed by atoms with Gasteiger partial charge in [-0.3, -0.25) is 4.79 Å². The van der Waals surface area contributed by atoms with Crippen LogP contribution < -0.4 is 16.4 Å². The van der Waals surface area contributed by atoms with E-state index >= 15 is 0 Å². The summed E-state index contributed by atoms with van der Waals surface area (Å²) >= 11 is 0. The molecule has 0 unspecified atom stereocenters. The number of anilines is 2. The Morgan fingerprint density at radius 1 is 1.00 bits per heavy atom. The molecule has 3 rings (SSSR count). The molecule has 1 aromatic carbocycles. The monoisotopic (exact) mass is 392 g/mol. The Morgan fingerprint density at radius 2 is 1.59 bits per heavy atom. The number of carbonyl (C=O) groups excluding carboxylic acids is 2. The maximum absolute atomic E-state index is 12.3. The lowest BCUT2D eigenvalue weighted by atomic mass is 10.2. The highest BCUT2D eigenvalue weighted by molar-refractivity contribution is 6.04. The third kappa shape index (κ3) is 5.74. The summed E-state index contributed by atoms with van der Waals surface area (Å²) in [5.74, 6) is 0.288. The van der Waals surface area contributed by atoms with Gasteiger partial charge in [-0.15, -0.1) is 12.4 Å². The SMILES string of the molecule is Cl.NCc1cc(C(=O)Nc2ccc(NC(=O)N3CCCCCC3)cc2)co1. The molecule has 2 aromatic rings. The van der Waals surface area contributed by atoms with Gasteiger partial charge in [0.25, 0.3) is 5.91 Å². The number of amides is 3. The zero-order chi connectivity index (χ0) is 18.4. The minimum atomic E-state index is -0.269. The van der Waals surface area contributed by atoms with Gasteiger partial charge in [0.2, 0.25) is 0 Å². The second-order valence-electron chi connectivity index (χ2n) is 6.37. The average Bonchev–Trinajstić information content (AvgIpc) is 2.97. The maximum atomic E-state index is 12.3. The smallest absolute Gasteiger partial charge is 0.321 e. The number of carbonyl (C=O) groups is 2. The van der Waals surface area contributed by atoms with Crippen LogP contribution in [0.1, 0.15) is 41.8 Å². The molecule has 1 saturated heterocycles. The van der Waals surface area contributed by atoms with E-state index in [1.165, 1.54) is 19.1 Å². The molecule has 4 N–H and O–H groups in total. The van der Waals surface area contributed by atoms with Gasteiger partial charge >= 0.3 is 6.03 Å². The van der Waals surface area contributed by atoms with E-state index in [-0.39, 0.29) is 30.9 Å². The van der Waals surface area contributed by atoms with Crippen molar-refractivity contribution in [1.82, 2.24) is 4.90 Å². The largest absolute Gasteiger partial charge is 0.467 e. The van der Waals surface area contributed by atoms with Crippen LogP contribution in [-0.4, -0.2) is 29.9 Å². The lowest BCUT2D eigenvalue weighted by Gasteiger charge is -2.20. The van der Waals surface area contributed by atoms with Crippen molar-refractivity contribution in [2.24, 2.45) is 5.73 Å². The molecule has 0 bridgehead atoms. The normalized spacial score (nSPS) is 14.0. The number of nitrogens with two attached hydrogens (primary N) is 1. The van der Waals surface area contributed by atoms with Gasteiger partial charge in [0, 0.05) is 24.5 Å². The third-order valence-electron chi connectivity index (χ3n) is 4.40. The van der Waals surface area contributed by atoms with Crippen molar-refractivity contribution in [3.63, 3.8) is 0 Å². The van der Waals surface area contributed by atoms with E-state index in [0.717, 1.165) is 25.9 Å². The first-order valence-corrected chi connectivity index (χ1v) is 8.90. The number of nitrogens with zero attached hydrogens (tertiary/aromatic N) is 1. The Labute approximate surface area is 164 Å². The van der Waals surface area contributed by atoms with Gasteiger partial charge in [0.05, 0.1) is 12.1 Å². The fourth-order valence-corrected chi connectivity index (χ4v) is 2.92. The highest BCUT2D eigenvalue weighted by atomic mass is 35.5. The van der Waals surface area contributed by atoms with Gasteiger partial charge < -0.3 is 25.7 Å². The van der Waals surface area contributed by atoms with E-state index in [1.807, 2.05) is 4.90 Å². The Hall–Kier alpha value is -2.51. The summed E-state index contributed by atoms with van der Waals surface area (Å²) in [6, 6.07) is 8.58. The van der Waals surface area contributed by atoms with Crippen LogP contribution in [0.15, 0.2) is 41.0 Å². The number of likely N-dealkylation sites (tertiary alicyclic amines) is 1. The van der Waals surface area contributed by atoms with E-state index in [0.29, 0.717) is 22.7 Å². The van der Waals surface area contributed by atoms with E-state index in [1.54, 1.807) is 30.3 Å². The summed E-state index contributed by atoms with van der Waals surface area (Å²) in [5, 5.41) is 5.69. The van der Waals surface area contributed by atoms with Crippen molar-refractivity contribution >= 4 is 35.7 Å².